The smallest absolute Gasteiger partial charge is 0.136 e. The van der Waals surface area contributed by atoms with E-state index in [0.29, 0.717) is 5.02 Å². The molecule has 1 saturated heterocycles. The normalized spacial score (nSPS) is 14.3. The monoisotopic (exact) mass is 380 g/mol. The highest BCUT2D eigenvalue weighted by Gasteiger charge is 2.19. The van der Waals surface area contributed by atoms with Crippen molar-refractivity contribution in [1.29, 1.82) is 0 Å². The number of aryl methyl sites for hydroxylation is 1. The summed E-state index contributed by atoms with van der Waals surface area (Å²) in [5.74, 6) is 3.48. The second-order valence-corrected chi connectivity index (χ2v) is 6.89. The molecule has 1 N–H and O–H groups in total. The summed E-state index contributed by atoms with van der Waals surface area (Å²) in [7, 11) is 0. The first-order chi connectivity index (χ1) is 13.2. The number of anilines is 4. The lowest BCUT2D eigenvalue weighted by Gasteiger charge is -2.36. The lowest BCUT2D eigenvalue weighted by Crippen LogP contribution is -2.47. The largest absolute Gasteiger partial charge is 0.353 e. The Labute approximate surface area is 163 Å². The van der Waals surface area contributed by atoms with Crippen LogP contribution in [0.4, 0.5) is 23.1 Å². The van der Waals surface area contributed by atoms with Gasteiger partial charge in [0.1, 0.15) is 23.3 Å². The Balaban J connectivity index is 1.47. The van der Waals surface area contributed by atoms with Crippen LogP contribution in [-0.2, 0) is 0 Å². The van der Waals surface area contributed by atoms with Crippen molar-refractivity contribution in [3.8, 4) is 0 Å². The van der Waals surface area contributed by atoms with Gasteiger partial charge in [0.25, 0.3) is 0 Å². The van der Waals surface area contributed by atoms with E-state index in [9.17, 15) is 0 Å². The predicted octanol–water partition coefficient (Wildman–Crippen LogP) is 3.90. The number of piperazine rings is 1. The number of pyridine rings is 1. The van der Waals surface area contributed by atoms with Crippen molar-refractivity contribution in [2.75, 3.05) is 41.3 Å². The maximum absolute atomic E-state index is 6.07. The molecule has 0 amide bonds. The molecule has 1 aromatic carbocycles. The highest BCUT2D eigenvalue weighted by molar-refractivity contribution is 6.30. The van der Waals surface area contributed by atoms with E-state index in [1.807, 2.05) is 55.6 Å². The van der Waals surface area contributed by atoms with E-state index in [0.717, 1.165) is 55.1 Å². The van der Waals surface area contributed by atoms with Gasteiger partial charge in [0.05, 0.1) is 0 Å². The van der Waals surface area contributed by atoms with Crippen molar-refractivity contribution in [1.82, 2.24) is 15.0 Å². The van der Waals surface area contributed by atoms with Crippen LogP contribution in [0.1, 0.15) is 5.82 Å². The molecule has 2 aromatic heterocycles. The van der Waals surface area contributed by atoms with Gasteiger partial charge in [0.2, 0.25) is 0 Å². The zero-order valence-electron chi connectivity index (χ0n) is 15.1. The number of nitrogens with one attached hydrogen (secondary N) is 1. The number of hydrogen-bond donors (Lipinski definition) is 1. The lowest BCUT2D eigenvalue weighted by molar-refractivity contribution is 0.640. The summed E-state index contributed by atoms with van der Waals surface area (Å²) in [4.78, 5) is 18.2. The Hall–Kier alpha value is -2.86. The molecule has 3 heterocycles. The van der Waals surface area contributed by atoms with E-state index in [1.165, 1.54) is 0 Å². The van der Waals surface area contributed by atoms with E-state index in [4.69, 9.17) is 11.6 Å². The van der Waals surface area contributed by atoms with Gasteiger partial charge in [0, 0.05) is 49.2 Å². The fourth-order valence-electron chi connectivity index (χ4n) is 3.20. The molecule has 0 bridgehead atoms. The molecule has 1 aliphatic heterocycles. The van der Waals surface area contributed by atoms with Gasteiger partial charge in [-0.2, -0.15) is 0 Å². The summed E-state index contributed by atoms with van der Waals surface area (Å²) in [6.07, 6.45) is 1.84. The van der Waals surface area contributed by atoms with Gasteiger partial charge in [-0.25, -0.2) is 15.0 Å². The minimum absolute atomic E-state index is 0.691. The lowest BCUT2D eigenvalue weighted by atomic mass is 10.3. The van der Waals surface area contributed by atoms with Gasteiger partial charge in [-0.1, -0.05) is 23.7 Å². The van der Waals surface area contributed by atoms with Crippen molar-refractivity contribution in [3.63, 3.8) is 0 Å². The third kappa shape index (κ3) is 4.28. The molecule has 7 heteroatoms. The first-order valence-corrected chi connectivity index (χ1v) is 9.34. The fourth-order valence-corrected chi connectivity index (χ4v) is 3.39. The maximum atomic E-state index is 6.07. The fraction of sp³-hybridized carbons (Fsp3) is 0.250. The van der Waals surface area contributed by atoms with E-state index in [-0.39, 0.29) is 0 Å². The van der Waals surface area contributed by atoms with Crippen LogP contribution in [0, 0.1) is 6.92 Å². The molecule has 0 aliphatic carbocycles. The first kappa shape index (κ1) is 17.5. The number of rotatable bonds is 4. The minimum atomic E-state index is 0.691. The highest BCUT2D eigenvalue weighted by atomic mass is 35.5. The van der Waals surface area contributed by atoms with Gasteiger partial charge >= 0.3 is 0 Å². The molecule has 1 aliphatic rings. The van der Waals surface area contributed by atoms with Crippen LogP contribution in [0.2, 0.25) is 5.02 Å². The Morgan fingerprint density at radius 3 is 2.37 bits per heavy atom. The van der Waals surface area contributed by atoms with Crippen molar-refractivity contribution in [3.05, 3.63) is 65.6 Å². The average molecular weight is 381 g/mol. The second-order valence-electron chi connectivity index (χ2n) is 6.46. The summed E-state index contributed by atoms with van der Waals surface area (Å²) < 4.78 is 0. The van der Waals surface area contributed by atoms with Crippen molar-refractivity contribution < 1.29 is 0 Å². The van der Waals surface area contributed by atoms with Crippen LogP contribution < -0.4 is 15.1 Å². The average Bonchev–Trinajstić information content (AvgIpc) is 2.68. The molecule has 0 spiro atoms. The maximum Gasteiger partial charge on any atom is 0.136 e. The number of halogens is 1. The van der Waals surface area contributed by atoms with Crippen LogP contribution >= 0.6 is 11.6 Å². The summed E-state index contributed by atoms with van der Waals surface area (Å²) in [6, 6.07) is 15.6. The van der Waals surface area contributed by atoms with Crippen LogP contribution in [0.15, 0.2) is 54.7 Å². The topological polar surface area (TPSA) is 57.2 Å². The van der Waals surface area contributed by atoms with Gasteiger partial charge in [-0.15, -0.1) is 0 Å². The number of aromatic nitrogens is 3. The SMILES string of the molecule is Cc1nc(Nc2cccc(Cl)c2)cc(N2CCN(c3ccccn3)CC2)n1. The van der Waals surface area contributed by atoms with E-state index < -0.39 is 0 Å². The molecule has 1 fully saturated rings. The van der Waals surface area contributed by atoms with E-state index in [2.05, 4.69) is 36.1 Å². The van der Waals surface area contributed by atoms with Crippen LogP contribution in [0.5, 0.6) is 0 Å². The minimum Gasteiger partial charge on any atom is -0.353 e. The number of nitrogens with zero attached hydrogens (tertiary/aromatic N) is 5. The zero-order valence-corrected chi connectivity index (χ0v) is 15.9. The molecular weight excluding hydrogens is 360 g/mol. The van der Waals surface area contributed by atoms with Crippen LogP contribution in [-0.4, -0.2) is 41.1 Å². The molecule has 6 nitrogen and oxygen atoms in total. The van der Waals surface area contributed by atoms with Gasteiger partial charge in [0.15, 0.2) is 0 Å². The zero-order chi connectivity index (χ0) is 18.6. The second kappa shape index (κ2) is 7.80. The summed E-state index contributed by atoms with van der Waals surface area (Å²) in [5.41, 5.74) is 0.909. The Morgan fingerprint density at radius 1 is 0.889 bits per heavy atom. The highest BCUT2D eigenvalue weighted by Crippen LogP contribution is 2.23. The third-order valence-electron chi connectivity index (χ3n) is 4.50. The summed E-state index contributed by atoms with van der Waals surface area (Å²) in [5, 5.41) is 4.01. The first-order valence-electron chi connectivity index (χ1n) is 8.96. The number of hydrogen-bond acceptors (Lipinski definition) is 6. The Bertz CT molecular complexity index is 909. The summed E-state index contributed by atoms with van der Waals surface area (Å²) >= 11 is 6.07. The van der Waals surface area contributed by atoms with Crippen LogP contribution in [0.25, 0.3) is 0 Å². The van der Waals surface area contributed by atoms with Crippen molar-refractivity contribution in [2.24, 2.45) is 0 Å². The standard InChI is InChI=1S/C20H21ClN6/c1-15-23-18(25-17-6-4-5-16(21)13-17)14-20(24-15)27-11-9-26(10-12-27)19-7-2-3-8-22-19/h2-8,13-14H,9-12H2,1H3,(H,23,24,25). The van der Waals surface area contributed by atoms with Gasteiger partial charge in [-0.3, -0.25) is 0 Å². The van der Waals surface area contributed by atoms with Crippen LogP contribution in [0.3, 0.4) is 0 Å². The molecular formula is C20H21ClN6. The van der Waals surface area contributed by atoms with E-state index >= 15 is 0 Å². The molecule has 4 rings (SSSR count). The molecule has 0 unspecified atom stereocenters. The van der Waals surface area contributed by atoms with Crippen molar-refractivity contribution in [2.45, 2.75) is 6.92 Å². The molecule has 0 radical (unpaired) electrons. The third-order valence-corrected chi connectivity index (χ3v) is 4.73. The quantitative estimate of drug-likeness (QED) is 0.740. The van der Waals surface area contributed by atoms with Gasteiger partial charge < -0.3 is 15.1 Å². The molecule has 0 atom stereocenters. The summed E-state index contributed by atoms with van der Waals surface area (Å²) in [6.45, 7) is 5.53. The van der Waals surface area contributed by atoms with Gasteiger partial charge in [-0.05, 0) is 37.3 Å². The Morgan fingerprint density at radius 2 is 1.67 bits per heavy atom. The molecule has 138 valence electrons. The predicted molar refractivity (Wildman–Crippen MR) is 110 cm³/mol. The Kier molecular flexibility index (Phi) is 5.07. The number of benzene rings is 1. The van der Waals surface area contributed by atoms with Crippen molar-refractivity contribution >= 4 is 34.7 Å². The molecule has 3 aromatic rings. The molecule has 0 saturated carbocycles. The van der Waals surface area contributed by atoms with E-state index in [1.54, 1.807) is 0 Å². The molecule has 27 heavy (non-hydrogen) atoms.